The third-order valence-electron chi connectivity index (χ3n) is 1.43. The van der Waals surface area contributed by atoms with Crippen LogP contribution < -0.4 is 0 Å². The maximum Gasteiger partial charge on any atom is 0.253 e. The van der Waals surface area contributed by atoms with Gasteiger partial charge in [-0.25, -0.2) is 0 Å². The lowest BCUT2D eigenvalue weighted by molar-refractivity contribution is 0.0827. The zero-order chi connectivity index (χ0) is 10.3. The van der Waals surface area contributed by atoms with Crippen molar-refractivity contribution in [3.63, 3.8) is 0 Å². The first-order valence-electron chi connectivity index (χ1n) is 3.68. The van der Waals surface area contributed by atoms with Gasteiger partial charge in [0.1, 0.15) is 0 Å². The van der Waals surface area contributed by atoms with E-state index in [9.17, 15) is 4.79 Å². The highest BCUT2D eigenvalue weighted by molar-refractivity contribution is 8.59. The van der Waals surface area contributed by atoms with E-state index >= 15 is 0 Å². The molecule has 0 aliphatic carbocycles. The predicted molar refractivity (Wildman–Crippen MR) is 62.4 cm³/mol. The highest BCUT2D eigenvalue weighted by Crippen LogP contribution is 2.00. The van der Waals surface area contributed by atoms with Gasteiger partial charge in [-0.05, 0) is 12.1 Å². The lowest BCUT2D eigenvalue weighted by Crippen LogP contribution is -2.21. The lowest BCUT2D eigenvalue weighted by atomic mass is 10.2. The third kappa shape index (κ3) is 4.24. The van der Waals surface area contributed by atoms with Crippen LogP contribution in [-0.2, 0) is 0 Å². The Bertz CT molecular complexity index is 249. The fourth-order valence-corrected chi connectivity index (χ4v) is 0.839. The zero-order valence-corrected chi connectivity index (χ0v) is 9.43. The molecule has 1 amide bonds. The Morgan fingerprint density at radius 1 is 1.15 bits per heavy atom. The van der Waals surface area contributed by atoms with Gasteiger partial charge in [0.05, 0.1) is 0 Å². The predicted octanol–water partition coefficient (Wildman–Crippen LogP) is 2.15. The van der Waals surface area contributed by atoms with Crippen LogP contribution in [-0.4, -0.2) is 24.9 Å². The molecule has 0 aliphatic rings. The molecule has 0 spiro atoms. The van der Waals surface area contributed by atoms with E-state index in [0.717, 1.165) is 5.56 Å². The van der Waals surface area contributed by atoms with Crippen LogP contribution in [0.25, 0.3) is 0 Å². The lowest BCUT2D eigenvalue weighted by Gasteiger charge is -2.08. The number of nitrogens with zero attached hydrogens (tertiary/aromatic N) is 1. The Morgan fingerprint density at radius 2 is 1.62 bits per heavy atom. The van der Waals surface area contributed by atoms with E-state index in [0.29, 0.717) is 0 Å². The van der Waals surface area contributed by atoms with Gasteiger partial charge in [-0.1, -0.05) is 18.2 Å². The molecule has 0 heterocycles. The molecule has 1 aromatic carbocycles. The van der Waals surface area contributed by atoms with Crippen LogP contribution in [0.4, 0.5) is 0 Å². The van der Waals surface area contributed by atoms with E-state index in [-0.39, 0.29) is 5.91 Å². The Hall–Kier alpha value is -0.610. The third-order valence-corrected chi connectivity index (χ3v) is 1.43. The van der Waals surface area contributed by atoms with E-state index in [4.69, 9.17) is 0 Å². The summed E-state index contributed by atoms with van der Waals surface area (Å²) in [6, 6.07) is 9.23. The maximum atomic E-state index is 11.3. The molecule has 13 heavy (non-hydrogen) atoms. The van der Waals surface area contributed by atoms with Gasteiger partial charge in [0.25, 0.3) is 5.91 Å². The molecule has 72 valence electrons. The molecule has 0 aromatic heterocycles. The molecular weight excluding hydrogens is 202 g/mol. The number of hydrogen-bond acceptors (Lipinski definition) is 3. The molecule has 0 aliphatic heterocycles. The SMILES string of the molecule is CN(C)C(=O)c1ccccc1.SS. The number of amides is 1. The fraction of sp³-hybridized carbons (Fsp3) is 0.222. The van der Waals surface area contributed by atoms with Crippen LogP contribution in [0.15, 0.2) is 30.3 Å². The molecule has 0 fully saturated rings. The van der Waals surface area contributed by atoms with E-state index in [1.54, 1.807) is 19.0 Å². The van der Waals surface area contributed by atoms with E-state index in [1.807, 2.05) is 30.3 Å². The monoisotopic (exact) mass is 215 g/mol. The van der Waals surface area contributed by atoms with Crippen molar-refractivity contribution in [3.8, 4) is 0 Å². The molecule has 0 saturated heterocycles. The summed E-state index contributed by atoms with van der Waals surface area (Å²) in [7, 11) is 3.49. The first-order chi connectivity index (χ1) is 6.22. The van der Waals surface area contributed by atoms with Crippen LogP contribution in [0.5, 0.6) is 0 Å². The van der Waals surface area contributed by atoms with Crippen molar-refractivity contribution in [2.24, 2.45) is 0 Å². The molecule has 0 N–H and O–H groups in total. The zero-order valence-electron chi connectivity index (χ0n) is 7.64. The van der Waals surface area contributed by atoms with Gasteiger partial charge in [-0.3, -0.25) is 4.79 Å². The number of carbonyl (C=O) groups excluding carboxylic acids is 1. The second-order valence-corrected chi connectivity index (χ2v) is 2.57. The van der Waals surface area contributed by atoms with Gasteiger partial charge >= 0.3 is 0 Å². The Kier molecular flexibility index (Phi) is 6.54. The van der Waals surface area contributed by atoms with Gasteiger partial charge in [0, 0.05) is 19.7 Å². The summed E-state index contributed by atoms with van der Waals surface area (Å²) in [5.41, 5.74) is 0.734. The largest absolute Gasteiger partial charge is 0.345 e. The average Bonchev–Trinajstić information content (AvgIpc) is 2.21. The van der Waals surface area contributed by atoms with Gasteiger partial charge < -0.3 is 4.90 Å². The standard InChI is InChI=1S/C9H11NO.H2S2/c1-10(2)9(11)8-6-4-3-5-7-8;1-2/h3-7H,1-2H3;1-2H. The summed E-state index contributed by atoms with van der Waals surface area (Å²) in [6.07, 6.45) is 0. The molecule has 0 unspecified atom stereocenters. The Balaban J connectivity index is 0.000000671. The minimum atomic E-state index is 0.0469. The molecular formula is C9H13NOS2. The first-order valence-corrected chi connectivity index (χ1v) is 5.28. The number of carbonyl (C=O) groups is 1. The van der Waals surface area contributed by atoms with Gasteiger partial charge in [0.2, 0.25) is 0 Å². The van der Waals surface area contributed by atoms with Crippen molar-refractivity contribution in [1.82, 2.24) is 4.90 Å². The van der Waals surface area contributed by atoms with Crippen molar-refractivity contribution < 1.29 is 4.79 Å². The molecule has 0 radical (unpaired) electrons. The Morgan fingerprint density at radius 3 is 2.00 bits per heavy atom. The molecule has 1 rings (SSSR count). The Labute approximate surface area is 89.2 Å². The molecule has 0 bridgehead atoms. The van der Waals surface area contributed by atoms with Gasteiger partial charge in [0.15, 0.2) is 0 Å². The van der Waals surface area contributed by atoms with Gasteiger partial charge in [-0.2, -0.15) is 0 Å². The van der Waals surface area contributed by atoms with Crippen LogP contribution in [0.1, 0.15) is 10.4 Å². The normalized spacial score (nSPS) is 8.31. The summed E-state index contributed by atoms with van der Waals surface area (Å²) in [5.74, 6) is 0.0469. The molecule has 2 nitrogen and oxygen atoms in total. The van der Waals surface area contributed by atoms with Crippen LogP contribution >= 0.6 is 23.3 Å². The topological polar surface area (TPSA) is 20.3 Å². The summed E-state index contributed by atoms with van der Waals surface area (Å²) >= 11 is 6.44. The summed E-state index contributed by atoms with van der Waals surface area (Å²) < 4.78 is 0. The molecule has 1 aromatic rings. The average molecular weight is 215 g/mol. The van der Waals surface area contributed by atoms with E-state index in [2.05, 4.69) is 23.3 Å². The van der Waals surface area contributed by atoms with Crippen molar-refractivity contribution in [3.05, 3.63) is 35.9 Å². The van der Waals surface area contributed by atoms with E-state index < -0.39 is 0 Å². The van der Waals surface area contributed by atoms with Crippen molar-refractivity contribution in [1.29, 1.82) is 0 Å². The molecule has 0 atom stereocenters. The van der Waals surface area contributed by atoms with Crippen LogP contribution in [0.3, 0.4) is 0 Å². The van der Waals surface area contributed by atoms with Crippen LogP contribution in [0, 0.1) is 0 Å². The summed E-state index contributed by atoms with van der Waals surface area (Å²) in [6.45, 7) is 0. The number of thiol groups is 2. The van der Waals surface area contributed by atoms with E-state index in [1.165, 1.54) is 0 Å². The van der Waals surface area contributed by atoms with Crippen molar-refractivity contribution >= 4 is 29.2 Å². The minimum Gasteiger partial charge on any atom is -0.345 e. The summed E-state index contributed by atoms with van der Waals surface area (Å²) in [4.78, 5) is 12.8. The highest BCUT2D eigenvalue weighted by Gasteiger charge is 2.04. The molecule has 0 saturated carbocycles. The minimum absolute atomic E-state index is 0.0469. The highest BCUT2D eigenvalue weighted by atomic mass is 33.1. The summed E-state index contributed by atoms with van der Waals surface area (Å²) in [5, 5.41) is 0. The van der Waals surface area contributed by atoms with Crippen molar-refractivity contribution in [2.75, 3.05) is 14.1 Å². The van der Waals surface area contributed by atoms with Gasteiger partial charge in [-0.15, -0.1) is 23.3 Å². The first kappa shape index (κ1) is 12.4. The van der Waals surface area contributed by atoms with Crippen molar-refractivity contribution in [2.45, 2.75) is 0 Å². The smallest absolute Gasteiger partial charge is 0.253 e. The quantitative estimate of drug-likeness (QED) is 0.543. The van der Waals surface area contributed by atoms with Crippen LogP contribution in [0.2, 0.25) is 0 Å². The fourth-order valence-electron chi connectivity index (χ4n) is 0.839. The number of rotatable bonds is 1. The number of benzene rings is 1. The maximum absolute atomic E-state index is 11.3. The second-order valence-electron chi connectivity index (χ2n) is 2.57. The second kappa shape index (κ2) is 6.86. The molecule has 4 heteroatoms. The number of hydrogen-bond donors (Lipinski definition) is 2.